The fourth-order valence-corrected chi connectivity index (χ4v) is 4.67. The van der Waals surface area contributed by atoms with Gasteiger partial charge in [0.15, 0.2) is 0 Å². The summed E-state index contributed by atoms with van der Waals surface area (Å²) >= 11 is 0. The van der Waals surface area contributed by atoms with Gasteiger partial charge in [0.05, 0.1) is 13.5 Å². The Morgan fingerprint density at radius 2 is 1.91 bits per heavy atom. The van der Waals surface area contributed by atoms with Gasteiger partial charge in [-0.1, -0.05) is 26.0 Å². The standard InChI is InChI=1S/C24H32BN3O4/c1-16(2)18-8-12-24(13-9-18)27-21(25)23(31)28(24)15-11-17-4-6-19(7-5-17)22(30)26-14-10-20(29)32-3/h4-7,16,18H,8-15H2,1-3H3,(H,26,30). The summed E-state index contributed by atoms with van der Waals surface area (Å²) in [4.78, 5) is 42.5. The van der Waals surface area contributed by atoms with Crippen molar-refractivity contribution in [2.24, 2.45) is 16.8 Å². The first kappa shape index (κ1) is 24.0. The molecule has 170 valence electrons. The Morgan fingerprint density at radius 3 is 2.50 bits per heavy atom. The fourth-order valence-electron chi connectivity index (χ4n) is 4.67. The highest BCUT2D eigenvalue weighted by Gasteiger charge is 2.47. The highest BCUT2D eigenvalue weighted by molar-refractivity contribution is 6.79. The molecule has 2 radical (unpaired) electrons. The van der Waals surface area contributed by atoms with Gasteiger partial charge in [-0.15, -0.1) is 0 Å². The molecule has 8 heteroatoms. The van der Waals surface area contributed by atoms with Crippen molar-refractivity contribution < 1.29 is 19.1 Å². The molecule has 1 heterocycles. The van der Waals surface area contributed by atoms with E-state index in [-0.39, 0.29) is 36.4 Å². The van der Waals surface area contributed by atoms with Gasteiger partial charge in [0.2, 0.25) is 0 Å². The lowest BCUT2D eigenvalue weighted by Crippen LogP contribution is -2.50. The maximum Gasteiger partial charge on any atom is 0.307 e. The molecule has 0 saturated heterocycles. The Morgan fingerprint density at radius 1 is 1.25 bits per heavy atom. The molecule has 0 aromatic heterocycles. The number of hydrogen-bond acceptors (Lipinski definition) is 5. The molecule has 1 aromatic rings. The Bertz CT molecular complexity index is 874. The largest absolute Gasteiger partial charge is 0.469 e. The Balaban J connectivity index is 1.56. The molecule has 1 spiro atoms. The maximum atomic E-state index is 12.7. The summed E-state index contributed by atoms with van der Waals surface area (Å²) in [5.41, 5.74) is 1.17. The molecular formula is C24H32BN3O4. The zero-order valence-electron chi connectivity index (χ0n) is 19.2. The minimum absolute atomic E-state index is 0.118. The summed E-state index contributed by atoms with van der Waals surface area (Å²) in [6, 6.07) is 7.29. The molecule has 2 amide bonds. The molecule has 1 saturated carbocycles. The van der Waals surface area contributed by atoms with Crippen molar-refractivity contribution in [2.45, 2.75) is 58.0 Å². The summed E-state index contributed by atoms with van der Waals surface area (Å²) < 4.78 is 4.56. The number of benzene rings is 1. The van der Waals surface area contributed by atoms with Crippen LogP contribution in [0.4, 0.5) is 0 Å². The topological polar surface area (TPSA) is 88.1 Å². The monoisotopic (exact) mass is 437 g/mol. The zero-order valence-corrected chi connectivity index (χ0v) is 19.2. The van der Waals surface area contributed by atoms with Crippen molar-refractivity contribution in [2.75, 3.05) is 20.2 Å². The normalized spacial score (nSPS) is 22.9. The average molecular weight is 437 g/mol. The predicted octanol–water partition coefficient (Wildman–Crippen LogP) is 2.47. The first-order valence-corrected chi connectivity index (χ1v) is 11.4. The van der Waals surface area contributed by atoms with Crippen LogP contribution in [0.1, 0.15) is 61.9 Å². The molecule has 0 unspecified atom stereocenters. The van der Waals surface area contributed by atoms with Gasteiger partial charge in [-0.25, -0.2) is 0 Å². The second-order valence-corrected chi connectivity index (χ2v) is 9.05. The van der Waals surface area contributed by atoms with E-state index in [9.17, 15) is 14.4 Å². The van der Waals surface area contributed by atoms with E-state index in [2.05, 4.69) is 28.9 Å². The SMILES string of the molecule is [B]C1=NC2(CCC(C(C)C)CC2)N(CCc2ccc(C(=O)NCCC(=O)OC)cc2)C1=O. The van der Waals surface area contributed by atoms with Crippen molar-refractivity contribution in [1.82, 2.24) is 10.2 Å². The lowest BCUT2D eigenvalue weighted by Gasteiger charge is -2.42. The zero-order chi connectivity index (χ0) is 23.3. The quantitative estimate of drug-likeness (QED) is 0.500. The van der Waals surface area contributed by atoms with E-state index in [4.69, 9.17) is 7.85 Å². The van der Waals surface area contributed by atoms with Crippen LogP contribution in [0.25, 0.3) is 0 Å². The first-order chi connectivity index (χ1) is 15.3. The lowest BCUT2D eigenvalue weighted by atomic mass is 9.76. The number of rotatable bonds is 8. The number of nitrogens with one attached hydrogen (secondary N) is 1. The lowest BCUT2D eigenvalue weighted by molar-refractivity contribution is -0.140. The Labute approximate surface area is 191 Å². The summed E-state index contributed by atoms with van der Waals surface area (Å²) in [5.74, 6) is 0.528. The third-order valence-corrected chi connectivity index (χ3v) is 6.75. The number of aliphatic imine (C=N–C) groups is 1. The van der Waals surface area contributed by atoms with Gasteiger partial charge in [0, 0.05) is 24.3 Å². The van der Waals surface area contributed by atoms with E-state index in [0.29, 0.717) is 30.4 Å². The van der Waals surface area contributed by atoms with E-state index in [1.54, 1.807) is 12.1 Å². The molecule has 0 atom stereocenters. The minimum Gasteiger partial charge on any atom is -0.469 e. The minimum atomic E-state index is -0.494. The van der Waals surface area contributed by atoms with Crippen molar-refractivity contribution in [3.63, 3.8) is 0 Å². The Kier molecular flexibility index (Phi) is 7.75. The van der Waals surface area contributed by atoms with Crippen LogP contribution in [0.15, 0.2) is 29.3 Å². The van der Waals surface area contributed by atoms with E-state index < -0.39 is 5.66 Å². The number of hydrogen-bond donors (Lipinski definition) is 1. The number of nitrogens with zero attached hydrogens (tertiary/aromatic N) is 2. The van der Waals surface area contributed by atoms with Crippen molar-refractivity contribution in [3.8, 4) is 0 Å². The van der Waals surface area contributed by atoms with E-state index in [1.165, 1.54) is 7.11 Å². The predicted molar refractivity (Wildman–Crippen MR) is 124 cm³/mol. The summed E-state index contributed by atoms with van der Waals surface area (Å²) in [5, 5.41) is 2.70. The number of esters is 1. The van der Waals surface area contributed by atoms with Crippen molar-refractivity contribution in [3.05, 3.63) is 35.4 Å². The highest BCUT2D eigenvalue weighted by atomic mass is 16.5. The number of amides is 2. The van der Waals surface area contributed by atoms with Gasteiger partial charge in [-0.05, 0) is 61.6 Å². The number of carbonyl (C=O) groups is 3. The molecule has 0 bridgehead atoms. The van der Waals surface area contributed by atoms with Crippen LogP contribution in [0.5, 0.6) is 0 Å². The van der Waals surface area contributed by atoms with Gasteiger partial charge in [0.1, 0.15) is 13.5 Å². The van der Waals surface area contributed by atoms with Crippen molar-refractivity contribution >= 4 is 31.2 Å². The molecule has 7 nitrogen and oxygen atoms in total. The molecule has 1 fully saturated rings. The molecule has 1 aliphatic carbocycles. The van der Waals surface area contributed by atoms with Crippen LogP contribution in [0.3, 0.4) is 0 Å². The Hall–Kier alpha value is -2.64. The van der Waals surface area contributed by atoms with Gasteiger partial charge < -0.3 is 15.0 Å². The summed E-state index contributed by atoms with van der Waals surface area (Å²) in [6.45, 7) is 5.27. The van der Waals surface area contributed by atoms with Crippen molar-refractivity contribution in [1.29, 1.82) is 0 Å². The van der Waals surface area contributed by atoms with Gasteiger partial charge in [-0.3, -0.25) is 19.4 Å². The molecule has 2 aliphatic rings. The smallest absolute Gasteiger partial charge is 0.307 e. The van der Waals surface area contributed by atoms with Crippen LogP contribution < -0.4 is 5.32 Å². The highest BCUT2D eigenvalue weighted by Crippen LogP contribution is 2.42. The maximum absolute atomic E-state index is 12.7. The molecule has 32 heavy (non-hydrogen) atoms. The number of carbonyl (C=O) groups excluding carboxylic acids is 3. The molecule has 1 aliphatic heterocycles. The average Bonchev–Trinajstić information content (AvgIpc) is 3.01. The molecular weight excluding hydrogens is 405 g/mol. The summed E-state index contributed by atoms with van der Waals surface area (Å²) in [7, 11) is 7.26. The molecule has 1 aromatic carbocycles. The fraction of sp³-hybridized carbons (Fsp3) is 0.583. The second kappa shape index (κ2) is 10.3. The first-order valence-electron chi connectivity index (χ1n) is 11.4. The number of ether oxygens (including phenoxy) is 1. The molecule has 3 rings (SSSR count). The van der Waals surface area contributed by atoms with Crippen LogP contribution >= 0.6 is 0 Å². The van der Waals surface area contributed by atoms with E-state index in [1.807, 2.05) is 17.0 Å². The van der Waals surface area contributed by atoms with E-state index >= 15 is 0 Å². The van der Waals surface area contributed by atoms with Crippen LogP contribution in [-0.2, 0) is 20.7 Å². The third kappa shape index (κ3) is 5.40. The van der Waals surface area contributed by atoms with Gasteiger partial charge >= 0.3 is 5.97 Å². The second-order valence-electron chi connectivity index (χ2n) is 9.05. The van der Waals surface area contributed by atoms with E-state index in [0.717, 1.165) is 31.2 Å². The number of methoxy groups -OCH3 is 1. The van der Waals surface area contributed by atoms with Crippen LogP contribution in [-0.4, -0.2) is 62.0 Å². The van der Waals surface area contributed by atoms with Crippen LogP contribution in [0.2, 0.25) is 0 Å². The van der Waals surface area contributed by atoms with Crippen LogP contribution in [0, 0.1) is 11.8 Å². The van der Waals surface area contributed by atoms with Gasteiger partial charge in [0.25, 0.3) is 11.8 Å². The molecule has 1 N–H and O–H groups in total. The third-order valence-electron chi connectivity index (χ3n) is 6.75. The van der Waals surface area contributed by atoms with Gasteiger partial charge in [-0.2, -0.15) is 0 Å². The summed E-state index contributed by atoms with van der Waals surface area (Å²) in [6.07, 6.45) is 4.61.